The zero-order chi connectivity index (χ0) is 12.8. The van der Waals surface area contributed by atoms with Gasteiger partial charge in [-0.2, -0.15) is 0 Å². The Balaban J connectivity index is 2.87. The number of carboxylic acids is 1. The van der Waals surface area contributed by atoms with E-state index in [0.717, 1.165) is 6.42 Å². The minimum atomic E-state index is -0.920. The van der Waals surface area contributed by atoms with Crippen molar-refractivity contribution in [1.82, 2.24) is 4.57 Å². The molecule has 1 aromatic rings. The molecule has 0 aromatic carbocycles. The van der Waals surface area contributed by atoms with E-state index >= 15 is 0 Å². The first-order chi connectivity index (χ1) is 8.06. The van der Waals surface area contributed by atoms with Crippen molar-refractivity contribution in [3.8, 4) is 5.75 Å². The minimum Gasteiger partial charge on any atom is -0.488 e. The highest BCUT2D eigenvalue weighted by Crippen LogP contribution is 2.05. The molecule has 0 aliphatic heterocycles. The number of hydrogen-bond donors (Lipinski definition) is 1. The largest absolute Gasteiger partial charge is 0.488 e. The Hall–Kier alpha value is -1.78. The fourth-order valence-corrected chi connectivity index (χ4v) is 1.35. The lowest BCUT2D eigenvalue weighted by Gasteiger charge is -2.11. The predicted octanol–water partition coefficient (Wildman–Crippen LogP) is 1.36. The third-order valence-corrected chi connectivity index (χ3v) is 2.34. The van der Waals surface area contributed by atoms with E-state index in [2.05, 4.69) is 0 Å². The SMILES string of the molecule is CCCOc1cccn(CC(C)C(=O)O)c1=O. The molecule has 0 saturated carbocycles. The molecule has 0 amide bonds. The van der Waals surface area contributed by atoms with Gasteiger partial charge in [-0.3, -0.25) is 9.59 Å². The Morgan fingerprint density at radius 1 is 1.59 bits per heavy atom. The van der Waals surface area contributed by atoms with Crippen LogP contribution in [-0.2, 0) is 11.3 Å². The van der Waals surface area contributed by atoms with Crippen LogP contribution in [-0.4, -0.2) is 22.2 Å². The van der Waals surface area contributed by atoms with Gasteiger partial charge in [0.1, 0.15) is 0 Å². The summed E-state index contributed by atoms with van der Waals surface area (Å²) in [6, 6.07) is 3.28. The van der Waals surface area contributed by atoms with Crippen LogP contribution in [0.25, 0.3) is 0 Å². The van der Waals surface area contributed by atoms with Crippen molar-refractivity contribution in [3.05, 3.63) is 28.7 Å². The number of rotatable bonds is 6. The maximum Gasteiger partial charge on any atom is 0.308 e. The molecule has 1 rings (SSSR count). The standard InChI is InChI=1S/C12H17NO4/c1-3-7-17-10-5-4-6-13(11(10)14)8-9(2)12(15)16/h4-6,9H,3,7-8H2,1-2H3,(H,15,16). The molecule has 1 heterocycles. The van der Waals surface area contributed by atoms with Gasteiger partial charge < -0.3 is 14.4 Å². The molecule has 1 N–H and O–H groups in total. The first kappa shape index (κ1) is 13.3. The number of carboxylic acid groups (broad SMARTS) is 1. The molecule has 5 nitrogen and oxygen atoms in total. The maximum absolute atomic E-state index is 11.9. The molecule has 5 heteroatoms. The van der Waals surface area contributed by atoms with Crippen molar-refractivity contribution in [2.24, 2.45) is 5.92 Å². The summed E-state index contributed by atoms with van der Waals surface area (Å²) in [6.07, 6.45) is 2.39. The van der Waals surface area contributed by atoms with Crippen LogP contribution in [0.15, 0.2) is 23.1 Å². The molecule has 0 saturated heterocycles. The highest BCUT2D eigenvalue weighted by molar-refractivity contribution is 5.69. The van der Waals surface area contributed by atoms with Crippen LogP contribution in [0.4, 0.5) is 0 Å². The maximum atomic E-state index is 11.9. The minimum absolute atomic E-state index is 0.150. The van der Waals surface area contributed by atoms with Gasteiger partial charge in [-0.05, 0) is 18.6 Å². The smallest absolute Gasteiger partial charge is 0.308 e. The quantitative estimate of drug-likeness (QED) is 0.813. The second-order valence-electron chi connectivity index (χ2n) is 3.92. The van der Waals surface area contributed by atoms with Gasteiger partial charge in [-0.15, -0.1) is 0 Å². The van der Waals surface area contributed by atoms with Gasteiger partial charge in [0.2, 0.25) is 0 Å². The molecule has 0 bridgehead atoms. The molecular weight excluding hydrogens is 222 g/mol. The average molecular weight is 239 g/mol. The summed E-state index contributed by atoms with van der Waals surface area (Å²) < 4.78 is 6.65. The summed E-state index contributed by atoms with van der Waals surface area (Å²) in [5.41, 5.74) is -0.283. The Labute approximate surface area is 99.6 Å². The second-order valence-corrected chi connectivity index (χ2v) is 3.92. The monoisotopic (exact) mass is 239 g/mol. The molecule has 0 aliphatic rings. The number of nitrogens with zero attached hydrogens (tertiary/aromatic N) is 1. The fraction of sp³-hybridized carbons (Fsp3) is 0.500. The van der Waals surface area contributed by atoms with Crippen molar-refractivity contribution >= 4 is 5.97 Å². The van der Waals surface area contributed by atoms with Gasteiger partial charge in [0.25, 0.3) is 5.56 Å². The lowest BCUT2D eigenvalue weighted by atomic mass is 10.2. The van der Waals surface area contributed by atoms with Crippen molar-refractivity contribution < 1.29 is 14.6 Å². The van der Waals surface area contributed by atoms with Crippen LogP contribution in [0.1, 0.15) is 20.3 Å². The summed E-state index contributed by atoms with van der Waals surface area (Å²) in [5, 5.41) is 8.80. The Morgan fingerprint density at radius 2 is 2.29 bits per heavy atom. The Bertz CT molecular complexity index is 438. The summed E-state index contributed by atoms with van der Waals surface area (Å²) in [5.74, 6) is -1.25. The van der Waals surface area contributed by atoms with E-state index in [4.69, 9.17) is 9.84 Å². The highest BCUT2D eigenvalue weighted by atomic mass is 16.5. The first-order valence-electron chi connectivity index (χ1n) is 5.61. The van der Waals surface area contributed by atoms with Crippen molar-refractivity contribution in [2.45, 2.75) is 26.8 Å². The van der Waals surface area contributed by atoms with Crippen LogP contribution in [0, 0.1) is 5.92 Å². The van der Waals surface area contributed by atoms with Gasteiger partial charge in [0.05, 0.1) is 12.5 Å². The number of aliphatic carboxylic acids is 1. The van der Waals surface area contributed by atoms with E-state index in [-0.39, 0.29) is 17.9 Å². The van der Waals surface area contributed by atoms with Gasteiger partial charge >= 0.3 is 5.97 Å². The summed E-state index contributed by atoms with van der Waals surface area (Å²) in [7, 11) is 0. The molecule has 0 spiro atoms. The van der Waals surface area contributed by atoms with E-state index in [9.17, 15) is 9.59 Å². The van der Waals surface area contributed by atoms with Gasteiger partial charge in [0, 0.05) is 12.7 Å². The number of carbonyl (C=O) groups is 1. The van der Waals surface area contributed by atoms with E-state index in [0.29, 0.717) is 6.61 Å². The molecule has 1 aromatic heterocycles. The number of aromatic nitrogens is 1. The zero-order valence-corrected chi connectivity index (χ0v) is 10.0. The van der Waals surface area contributed by atoms with Crippen LogP contribution >= 0.6 is 0 Å². The van der Waals surface area contributed by atoms with Crippen molar-refractivity contribution in [1.29, 1.82) is 0 Å². The lowest BCUT2D eigenvalue weighted by molar-refractivity contribution is -0.141. The Morgan fingerprint density at radius 3 is 2.88 bits per heavy atom. The first-order valence-corrected chi connectivity index (χ1v) is 5.61. The number of pyridine rings is 1. The van der Waals surface area contributed by atoms with Crippen molar-refractivity contribution in [2.75, 3.05) is 6.61 Å². The molecule has 94 valence electrons. The summed E-state index contributed by atoms with van der Waals surface area (Å²) >= 11 is 0. The molecule has 17 heavy (non-hydrogen) atoms. The predicted molar refractivity (Wildman–Crippen MR) is 63.3 cm³/mol. The topological polar surface area (TPSA) is 68.5 Å². The van der Waals surface area contributed by atoms with Gasteiger partial charge in [-0.1, -0.05) is 13.8 Å². The van der Waals surface area contributed by atoms with E-state index in [1.807, 2.05) is 6.92 Å². The molecular formula is C12H17NO4. The molecule has 1 unspecified atom stereocenters. The normalized spacial score (nSPS) is 12.1. The average Bonchev–Trinajstić information content (AvgIpc) is 2.30. The third kappa shape index (κ3) is 3.62. The lowest BCUT2D eigenvalue weighted by Crippen LogP contribution is -2.26. The van der Waals surface area contributed by atoms with E-state index < -0.39 is 11.9 Å². The van der Waals surface area contributed by atoms with Crippen LogP contribution in [0.2, 0.25) is 0 Å². The number of ether oxygens (including phenoxy) is 1. The van der Waals surface area contributed by atoms with Gasteiger partial charge in [0.15, 0.2) is 5.75 Å². The fourth-order valence-electron chi connectivity index (χ4n) is 1.35. The molecule has 1 atom stereocenters. The van der Waals surface area contributed by atoms with Crippen LogP contribution < -0.4 is 10.3 Å². The number of hydrogen-bond acceptors (Lipinski definition) is 3. The molecule has 0 fully saturated rings. The van der Waals surface area contributed by atoms with E-state index in [1.54, 1.807) is 25.3 Å². The third-order valence-electron chi connectivity index (χ3n) is 2.34. The van der Waals surface area contributed by atoms with Gasteiger partial charge in [-0.25, -0.2) is 0 Å². The zero-order valence-electron chi connectivity index (χ0n) is 10.0. The highest BCUT2D eigenvalue weighted by Gasteiger charge is 2.13. The Kier molecular flexibility index (Phi) is 4.75. The van der Waals surface area contributed by atoms with Crippen LogP contribution in [0.3, 0.4) is 0 Å². The molecule has 0 aliphatic carbocycles. The second kappa shape index (κ2) is 6.08. The summed E-state index contributed by atoms with van der Waals surface area (Å²) in [6.45, 7) is 4.15. The summed E-state index contributed by atoms with van der Waals surface area (Å²) in [4.78, 5) is 22.6. The van der Waals surface area contributed by atoms with Crippen molar-refractivity contribution in [3.63, 3.8) is 0 Å². The molecule has 0 radical (unpaired) electrons. The van der Waals surface area contributed by atoms with Crippen LogP contribution in [0.5, 0.6) is 5.75 Å². The van der Waals surface area contributed by atoms with E-state index in [1.165, 1.54) is 4.57 Å².